The maximum atomic E-state index is 11.6. The molecular weight excluding hydrogens is 266 g/mol. The third-order valence-corrected chi connectivity index (χ3v) is 2.95. The van der Waals surface area contributed by atoms with Gasteiger partial charge in [-0.2, -0.15) is 0 Å². The van der Waals surface area contributed by atoms with Crippen LogP contribution in [0, 0.1) is 0 Å². The molecule has 2 aromatic heterocycles. The van der Waals surface area contributed by atoms with E-state index in [0.717, 1.165) is 11.0 Å². The van der Waals surface area contributed by atoms with Crippen LogP contribution in [0.4, 0.5) is 0 Å². The van der Waals surface area contributed by atoms with Crippen LogP contribution in [0.2, 0.25) is 5.02 Å². The molecule has 2 heterocycles. The molecule has 0 amide bonds. The summed E-state index contributed by atoms with van der Waals surface area (Å²) >= 11 is 5.93. The summed E-state index contributed by atoms with van der Waals surface area (Å²) in [5.41, 5.74) is 1.87. The molecule has 0 N–H and O–H groups in total. The third kappa shape index (κ3) is 2.02. The van der Waals surface area contributed by atoms with Crippen LogP contribution in [-0.4, -0.2) is 26.9 Å². The van der Waals surface area contributed by atoms with Gasteiger partial charge in [0.1, 0.15) is 0 Å². The molecule has 0 aliphatic carbocycles. The molecule has 96 valence electrons. The number of carbonyl (C=O) groups excluding carboxylic acids is 1. The lowest BCUT2D eigenvalue weighted by Crippen LogP contribution is -2.08. The predicted molar refractivity (Wildman–Crippen MR) is 71.5 cm³/mol. The number of carbonyl (C=O) groups is 1. The van der Waals surface area contributed by atoms with E-state index < -0.39 is 5.97 Å². The fraction of sp³-hybridized carbons (Fsp3) is 0.154. The molecule has 0 spiro atoms. The summed E-state index contributed by atoms with van der Waals surface area (Å²) in [5.74, 6) is -0.00194. The summed E-state index contributed by atoms with van der Waals surface area (Å²) in [5, 5.41) is 0.613. The van der Waals surface area contributed by atoms with E-state index in [1.165, 1.54) is 0 Å². The zero-order chi connectivity index (χ0) is 13.4. The number of fused-ring (bicyclic) bond motifs is 3. The smallest absolute Gasteiger partial charge is 0.357 e. The van der Waals surface area contributed by atoms with Crippen molar-refractivity contribution in [2.75, 3.05) is 6.61 Å². The van der Waals surface area contributed by atoms with Gasteiger partial charge in [-0.1, -0.05) is 11.6 Å². The van der Waals surface area contributed by atoms with Gasteiger partial charge in [0.25, 0.3) is 0 Å². The molecule has 1 aromatic carbocycles. The van der Waals surface area contributed by atoms with Gasteiger partial charge in [-0.15, -0.1) is 0 Å². The van der Waals surface area contributed by atoms with E-state index in [4.69, 9.17) is 16.3 Å². The number of nitrogens with zero attached hydrogens (tertiary/aromatic N) is 3. The number of aromatic nitrogens is 3. The van der Waals surface area contributed by atoms with Crippen molar-refractivity contribution in [2.45, 2.75) is 6.92 Å². The lowest BCUT2D eigenvalue weighted by molar-refractivity contribution is 0.0519. The Morgan fingerprint density at radius 1 is 1.37 bits per heavy atom. The molecule has 0 aliphatic heterocycles. The summed E-state index contributed by atoms with van der Waals surface area (Å²) in [6, 6.07) is 7.02. The first kappa shape index (κ1) is 11.9. The minimum Gasteiger partial charge on any atom is -0.461 e. The molecule has 0 radical (unpaired) electrons. The number of rotatable bonds is 2. The topological polar surface area (TPSA) is 56.5 Å². The van der Waals surface area contributed by atoms with Gasteiger partial charge < -0.3 is 4.74 Å². The average molecular weight is 276 g/mol. The van der Waals surface area contributed by atoms with Crippen molar-refractivity contribution in [2.24, 2.45) is 0 Å². The van der Waals surface area contributed by atoms with Crippen molar-refractivity contribution in [1.82, 2.24) is 14.4 Å². The minimum absolute atomic E-state index is 0.246. The standard InChI is InChI=1S/C13H10ClN3O2/c1-2-19-12(18)9-5-6-17-11-4-3-8(14)7-10(11)16-13(17)15-9/h3-7H,2H2,1H3. The first-order valence-corrected chi connectivity index (χ1v) is 6.18. The van der Waals surface area contributed by atoms with Crippen LogP contribution in [0.3, 0.4) is 0 Å². The highest BCUT2D eigenvalue weighted by molar-refractivity contribution is 6.31. The fourth-order valence-electron chi connectivity index (χ4n) is 1.89. The zero-order valence-electron chi connectivity index (χ0n) is 10.1. The van der Waals surface area contributed by atoms with Gasteiger partial charge in [0.15, 0.2) is 5.69 Å². The Labute approximate surface area is 113 Å². The van der Waals surface area contributed by atoms with Gasteiger partial charge in [0.05, 0.1) is 17.6 Å². The van der Waals surface area contributed by atoms with Crippen molar-refractivity contribution in [1.29, 1.82) is 0 Å². The van der Waals surface area contributed by atoms with Crippen molar-refractivity contribution in [3.8, 4) is 0 Å². The fourth-order valence-corrected chi connectivity index (χ4v) is 2.06. The maximum Gasteiger partial charge on any atom is 0.357 e. The van der Waals surface area contributed by atoms with E-state index in [1.807, 2.05) is 6.07 Å². The van der Waals surface area contributed by atoms with Crippen molar-refractivity contribution >= 4 is 34.4 Å². The second-order valence-electron chi connectivity index (χ2n) is 3.95. The van der Waals surface area contributed by atoms with Crippen LogP contribution < -0.4 is 0 Å². The molecule has 0 aliphatic rings. The van der Waals surface area contributed by atoms with Crippen LogP contribution >= 0.6 is 11.6 Å². The largest absolute Gasteiger partial charge is 0.461 e. The van der Waals surface area contributed by atoms with Crippen LogP contribution in [0.1, 0.15) is 17.4 Å². The van der Waals surface area contributed by atoms with Crippen molar-refractivity contribution in [3.63, 3.8) is 0 Å². The van der Waals surface area contributed by atoms with Gasteiger partial charge in [0.2, 0.25) is 5.78 Å². The molecule has 6 heteroatoms. The van der Waals surface area contributed by atoms with E-state index in [9.17, 15) is 4.79 Å². The third-order valence-electron chi connectivity index (χ3n) is 2.72. The Morgan fingerprint density at radius 3 is 3.00 bits per heavy atom. The number of hydrogen-bond acceptors (Lipinski definition) is 4. The first-order valence-electron chi connectivity index (χ1n) is 5.80. The number of ether oxygens (including phenoxy) is 1. The molecule has 0 unspecified atom stereocenters. The summed E-state index contributed by atoms with van der Waals surface area (Å²) in [7, 11) is 0. The summed E-state index contributed by atoms with van der Waals surface area (Å²) in [6.45, 7) is 2.07. The van der Waals surface area contributed by atoms with E-state index in [2.05, 4.69) is 9.97 Å². The quantitative estimate of drug-likeness (QED) is 0.675. The molecule has 5 nitrogen and oxygen atoms in total. The van der Waals surface area contributed by atoms with E-state index >= 15 is 0 Å². The van der Waals surface area contributed by atoms with E-state index in [1.54, 1.807) is 35.7 Å². The number of halogens is 1. The van der Waals surface area contributed by atoms with Crippen LogP contribution in [0.15, 0.2) is 30.5 Å². The molecule has 19 heavy (non-hydrogen) atoms. The number of esters is 1. The Hall–Kier alpha value is -2.14. The summed E-state index contributed by atoms with van der Waals surface area (Å²) in [4.78, 5) is 20.1. The molecule has 0 saturated carbocycles. The highest BCUT2D eigenvalue weighted by Gasteiger charge is 2.12. The minimum atomic E-state index is -0.449. The molecule has 3 rings (SSSR count). The van der Waals surface area contributed by atoms with Crippen molar-refractivity contribution in [3.05, 3.63) is 41.2 Å². The highest BCUT2D eigenvalue weighted by Crippen LogP contribution is 2.20. The van der Waals surface area contributed by atoms with E-state index in [-0.39, 0.29) is 5.69 Å². The van der Waals surface area contributed by atoms with Crippen LogP contribution in [0.5, 0.6) is 0 Å². The molecule has 0 bridgehead atoms. The predicted octanol–water partition coefficient (Wildman–Crippen LogP) is 2.71. The lowest BCUT2D eigenvalue weighted by atomic mass is 10.3. The SMILES string of the molecule is CCOC(=O)c1ccn2c(n1)nc1cc(Cl)ccc12. The summed E-state index contributed by atoms with van der Waals surface area (Å²) < 4.78 is 6.71. The van der Waals surface area contributed by atoms with Crippen LogP contribution in [-0.2, 0) is 4.74 Å². The number of benzene rings is 1. The van der Waals surface area contributed by atoms with Gasteiger partial charge in [0, 0.05) is 11.2 Å². The van der Waals surface area contributed by atoms with Crippen LogP contribution in [0.25, 0.3) is 16.8 Å². The van der Waals surface area contributed by atoms with Gasteiger partial charge in [-0.25, -0.2) is 14.8 Å². The normalized spacial score (nSPS) is 11.1. The zero-order valence-corrected chi connectivity index (χ0v) is 10.9. The van der Waals surface area contributed by atoms with E-state index in [0.29, 0.717) is 17.4 Å². The molecule has 0 atom stereocenters. The second kappa shape index (κ2) is 4.51. The Kier molecular flexibility index (Phi) is 2.83. The summed E-state index contributed by atoms with van der Waals surface area (Å²) in [6.07, 6.45) is 1.75. The lowest BCUT2D eigenvalue weighted by Gasteiger charge is -2.01. The van der Waals surface area contributed by atoms with Gasteiger partial charge >= 0.3 is 5.97 Å². The molecule has 3 aromatic rings. The monoisotopic (exact) mass is 275 g/mol. The number of imidazole rings is 1. The molecule has 0 saturated heterocycles. The molecular formula is C13H10ClN3O2. The Bertz CT molecular complexity index is 782. The van der Waals surface area contributed by atoms with Crippen molar-refractivity contribution < 1.29 is 9.53 Å². The average Bonchev–Trinajstić information content (AvgIpc) is 2.75. The number of hydrogen-bond donors (Lipinski definition) is 0. The highest BCUT2D eigenvalue weighted by atomic mass is 35.5. The maximum absolute atomic E-state index is 11.6. The first-order chi connectivity index (χ1) is 9.19. The molecule has 0 fully saturated rings. The Morgan fingerprint density at radius 2 is 2.21 bits per heavy atom. The van der Waals surface area contributed by atoms with Gasteiger partial charge in [-0.05, 0) is 31.2 Å². The van der Waals surface area contributed by atoms with Gasteiger partial charge in [-0.3, -0.25) is 4.40 Å². The second-order valence-corrected chi connectivity index (χ2v) is 4.38. The Balaban J connectivity index is 2.18.